The summed E-state index contributed by atoms with van der Waals surface area (Å²) in [5.41, 5.74) is 2.22. The Hall–Kier alpha value is -5.21. The van der Waals surface area contributed by atoms with Crippen LogP contribution in [0.25, 0.3) is 0 Å². The summed E-state index contributed by atoms with van der Waals surface area (Å²) in [7, 11) is 4.78. The van der Waals surface area contributed by atoms with Crippen LogP contribution in [0.5, 0.6) is 11.5 Å². The number of carbonyl (C=O) groups is 4. The Bertz CT molecular complexity index is 1850. The topological polar surface area (TPSA) is 179 Å². The van der Waals surface area contributed by atoms with E-state index in [-0.39, 0.29) is 67.4 Å². The van der Waals surface area contributed by atoms with Crippen molar-refractivity contribution in [2.75, 3.05) is 33.9 Å². The summed E-state index contributed by atoms with van der Waals surface area (Å²) in [5, 5.41) is 13.5. The van der Waals surface area contributed by atoms with Gasteiger partial charge in [0.05, 0.1) is 20.3 Å². The van der Waals surface area contributed by atoms with Crippen LogP contribution < -0.4 is 31.0 Å². The summed E-state index contributed by atoms with van der Waals surface area (Å²) >= 11 is 0. The molecule has 3 aromatic rings. The van der Waals surface area contributed by atoms with Gasteiger partial charge in [0.15, 0.2) is 17.3 Å². The second-order valence-corrected chi connectivity index (χ2v) is 13.6. The molecular formula is C38H54N8O7. The van der Waals surface area contributed by atoms with Crippen LogP contribution in [0.1, 0.15) is 98.2 Å². The Labute approximate surface area is 310 Å². The third-order valence-electron chi connectivity index (χ3n) is 9.77. The van der Waals surface area contributed by atoms with Gasteiger partial charge in [0.2, 0.25) is 17.7 Å². The number of hydrogen-bond donors (Lipinski definition) is 3. The standard InChI is InChI=1S/C38H54N8O7/c1-9-23(3)34-36(49)40-25(5)35-41-31(21-26-14-15-29(52-7)30(20-26)53-8)43-46(35)22-33(48)39-16-12-18-45(17-11-13-32(47)42-34)38(51)27-19-24(4)28(10-2)44(6)37(27)50/h14-15,19-20,23,25,34H,9-13,16-18,21-22H2,1-8H3,(H,39,48)(H,40,49)(H,42,47)/t23-,25+,34-/m0/s1. The molecule has 0 saturated heterocycles. The zero-order valence-electron chi connectivity index (χ0n) is 32.2. The molecule has 1 aliphatic heterocycles. The van der Waals surface area contributed by atoms with E-state index in [9.17, 15) is 24.0 Å². The van der Waals surface area contributed by atoms with Crippen LogP contribution in [0.4, 0.5) is 0 Å². The summed E-state index contributed by atoms with van der Waals surface area (Å²) in [4.78, 5) is 73.6. The Kier molecular flexibility index (Phi) is 14.2. The van der Waals surface area contributed by atoms with Gasteiger partial charge in [0.1, 0.15) is 24.0 Å². The Balaban J connectivity index is 1.63. The summed E-state index contributed by atoms with van der Waals surface area (Å²) in [6.07, 6.45) is 2.39. The van der Waals surface area contributed by atoms with E-state index in [0.717, 1.165) is 16.8 Å². The van der Waals surface area contributed by atoms with Gasteiger partial charge in [0, 0.05) is 45.2 Å². The van der Waals surface area contributed by atoms with Crippen molar-refractivity contribution < 1.29 is 28.7 Å². The number of fused-ring (bicyclic) bond motifs is 1. The van der Waals surface area contributed by atoms with Crippen LogP contribution in [0.3, 0.4) is 0 Å². The fourth-order valence-electron chi connectivity index (χ4n) is 6.61. The molecule has 15 nitrogen and oxygen atoms in total. The van der Waals surface area contributed by atoms with E-state index in [0.29, 0.717) is 55.3 Å². The molecule has 3 N–H and O–H groups in total. The number of nitrogens with zero attached hydrogens (tertiary/aromatic N) is 5. The predicted molar refractivity (Wildman–Crippen MR) is 199 cm³/mol. The lowest BCUT2D eigenvalue weighted by molar-refractivity contribution is -0.130. The number of pyridine rings is 1. The van der Waals surface area contributed by atoms with E-state index in [2.05, 4.69) is 21.0 Å². The molecule has 1 aliphatic rings. The molecule has 2 aromatic heterocycles. The van der Waals surface area contributed by atoms with Gasteiger partial charge in [-0.3, -0.25) is 24.0 Å². The first-order valence-electron chi connectivity index (χ1n) is 18.3. The Morgan fingerprint density at radius 3 is 2.40 bits per heavy atom. The number of aromatic nitrogens is 4. The fraction of sp³-hybridized carbons (Fsp3) is 0.553. The number of hydrogen-bond acceptors (Lipinski definition) is 9. The molecule has 4 amide bonds. The highest BCUT2D eigenvalue weighted by molar-refractivity contribution is 5.94. The maximum atomic E-state index is 13.8. The summed E-state index contributed by atoms with van der Waals surface area (Å²) < 4.78 is 13.8. The molecule has 3 heterocycles. The first-order valence-corrected chi connectivity index (χ1v) is 18.3. The minimum Gasteiger partial charge on any atom is -0.493 e. The van der Waals surface area contributed by atoms with Gasteiger partial charge in [-0.2, -0.15) is 5.10 Å². The fourth-order valence-corrected chi connectivity index (χ4v) is 6.61. The smallest absolute Gasteiger partial charge is 0.263 e. The van der Waals surface area contributed by atoms with Gasteiger partial charge >= 0.3 is 0 Å². The molecule has 4 rings (SSSR count). The molecule has 0 unspecified atom stereocenters. The minimum atomic E-state index is -0.833. The van der Waals surface area contributed by atoms with Crippen molar-refractivity contribution in [1.29, 1.82) is 0 Å². The van der Waals surface area contributed by atoms with Gasteiger partial charge in [-0.15, -0.1) is 0 Å². The second-order valence-electron chi connectivity index (χ2n) is 13.6. The normalized spacial score (nSPS) is 18.5. The number of amides is 4. The van der Waals surface area contributed by atoms with E-state index in [1.807, 2.05) is 39.8 Å². The monoisotopic (exact) mass is 734 g/mol. The molecule has 288 valence electrons. The van der Waals surface area contributed by atoms with Crippen LogP contribution in [0.2, 0.25) is 0 Å². The SMILES string of the molecule is CCc1c(C)cc(C(=O)N2CCCNC(=O)Cn3nc(Cc4ccc(OC)c(OC)c4)nc3[C@@H](C)NC(=O)[C@H]([C@@H](C)CC)NC(=O)CCC2)c(=O)n1C. The second kappa shape index (κ2) is 18.5. The molecule has 0 radical (unpaired) electrons. The van der Waals surface area contributed by atoms with Gasteiger partial charge in [-0.25, -0.2) is 9.67 Å². The number of rotatable bonds is 8. The molecule has 0 saturated carbocycles. The van der Waals surface area contributed by atoms with Crippen molar-refractivity contribution in [1.82, 2.24) is 40.2 Å². The number of methoxy groups -OCH3 is 2. The first kappa shape index (κ1) is 40.6. The van der Waals surface area contributed by atoms with Crippen molar-refractivity contribution in [3.8, 4) is 11.5 Å². The van der Waals surface area contributed by atoms with Gasteiger partial charge < -0.3 is 34.9 Å². The average Bonchev–Trinajstić information content (AvgIpc) is 3.53. The molecule has 0 fully saturated rings. The van der Waals surface area contributed by atoms with Crippen LogP contribution in [-0.4, -0.2) is 87.8 Å². The highest BCUT2D eigenvalue weighted by Crippen LogP contribution is 2.28. The van der Waals surface area contributed by atoms with E-state index < -0.39 is 18.0 Å². The Morgan fingerprint density at radius 2 is 1.72 bits per heavy atom. The van der Waals surface area contributed by atoms with Gasteiger partial charge in [-0.05, 0) is 68.4 Å². The largest absolute Gasteiger partial charge is 0.493 e. The quantitative estimate of drug-likeness (QED) is 0.314. The number of carbonyl (C=O) groups excluding carboxylic acids is 4. The Morgan fingerprint density at radius 1 is 1.00 bits per heavy atom. The van der Waals surface area contributed by atoms with Crippen LogP contribution in [0, 0.1) is 12.8 Å². The van der Waals surface area contributed by atoms with Crippen molar-refractivity contribution in [2.45, 2.75) is 91.8 Å². The van der Waals surface area contributed by atoms with E-state index in [4.69, 9.17) is 14.5 Å². The molecule has 15 heteroatoms. The maximum Gasteiger partial charge on any atom is 0.263 e. The number of benzene rings is 1. The lowest BCUT2D eigenvalue weighted by Crippen LogP contribution is -2.51. The summed E-state index contributed by atoms with van der Waals surface area (Å²) in [6.45, 7) is 9.97. The van der Waals surface area contributed by atoms with E-state index >= 15 is 0 Å². The molecule has 0 aliphatic carbocycles. The van der Waals surface area contributed by atoms with E-state index in [1.165, 1.54) is 9.25 Å². The summed E-state index contributed by atoms with van der Waals surface area (Å²) in [6, 6.07) is 5.65. The molecule has 3 atom stereocenters. The van der Waals surface area contributed by atoms with Gasteiger partial charge in [-0.1, -0.05) is 33.3 Å². The molecular weight excluding hydrogens is 680 g/mol. The zero-order valence-corrected chi connectivity index (χ0v) is 32.2. The van der Waals surface area contributed by atoms with Crippen LogP contribution >= 0.6 is 0 Å². The lowest BCUT2D eigenvalue weighted by Gasteiger charge is -2.26. The third-order valence-corrected chi connectivity index (χ3v) is 9.77. The highest BCUT2D eigenvalue weighted by Gasteiger charge is 2.29. The number of aryl methyl sites for hydroxylation is 1. The lowest BCUT2D eigenvalue weighted by atomic mass is 9.97. The summed E-state index contributed by atoms with van der Waals surface area (Å²) in [5.74, 6) is 0.290. The predicted octanol–water partition coefficient (Wildman–Crippen LogP) is 2.61. The molecule has 0 spiro atoms. The molecule has 1 aromatic carbocycles. The van der Waals surface area contributed by atoms with Crippen LogP contribution in [0.15, 0.2) is 29.1 Å². The highest BCUT2D eigenvalue weighted by atomic mass is 16.5. The average molecular weight is 735 g/mol. The van der Waals surface area contributed by atoms with Crippen LogP contribution in [-0.2, 0) is 40.8 Å². The molecule has 53 heavy (non-hydrogen) atoms. The first-order chi connectivity index (χ1) is 25.3. The number of ether oxygens (including phenoxy) is 2. The number of nitrogens with one attached hydrogen (secondary N) is 3. The van der Waals surface area contributed by atoms with Crippen molar-refractivity contribution >= 4 is 23.6 Å². The molecule has 0 bridgehead atoms. The van der Waals surface area contributed by atoms with Gasteiger partial charge in [0.25, 0.3) is 11.5 Å². The van der Waals surface area contributed by atoms with Crippen molar-refractivity contribution in [3.63, 3.8) is 0 Å². The zero-order chi connectivity index (χ0) is 38.8. The minimum absolute atomic E-state index is 0.0584. The van der Waals surface area contributed by atoms with Crippen molar-refractivity contribution in [2.24, 2.45) is 13.0 Å². The maximum absolute atomic E-state index is 13.8. The van der Waals surface area contributed by atoms with E-state index in [1.54, 1.807) is 45.2 Å². The third kappa shape index (κ3) is 10.0. The van der Waals surface area contributed by atoms with Crippen molar-refractivity contribution in [3.05, 3.63) is 68.7 Å².